The maximum atomic E-state index is 11.8. The number of Topliss-reactive ketones (excluding diaryl/α,β-unsaturated/α-hetero) is 1. The van der Waals surface area contributed by atoms with Crippen molar-refractivity contribution in [3.8, 4) is 5.75 Å². The van der Waals surface area contributed by atoms with E-state index in [0.717, 1.165) is 24.0 Å². The number of ketones is 1. The van der Waals surface area contributed by atoms with E-state index < -0.39 is 11.6 Å². The number of esters is 1. The van der Waals surface area contributed by atoms with Crippen molar-refractivity contribution in [3.63, 3.8) is 0 Å². The van der Waals surface area contributed by atoms with Crippen molar-refractivity contribution >= 4 is 11.8 Å². The van der Waals surface area contributed by atoms with Crippen LogP contribution in [0.2, 0.25) is 0 Å². The van der Waals surface area contributed by atoms with Gasteiger partial charge in [-0.2, -0.15) is 0 Å². The van der Waals surface area contributed by atoms with Crippen LogP contribution < -0.4 is 4.74 Å². The van der Waals surface area contributed by atoms with Crippen molar-refractivity contribution in [2.45, 2.75) is 45.6 Å². The van der Waals surface area contributed by atoms with E-state index in [4.69, 9.17) is 9.47 Å². The maximum Gasteiger partial charge on any atom is 0.344 e. The number of rotatable bonds is 3. The highest BCUT2D eigenvalue weighted by Gasteiger charge is 2.21. The maximum absolute atomic E-state index is 11.8. The standard InChI is InChI=1S/C16H20O4/c1-16(2,3)20-15(18)10-19-14-9-5-6-11-12(14)7-4-8-13(11)17/h5-6,9H,4,7-8,10H2,1-3H3. The Morgan fingerprint density at radius 1 is 1.25 bits per heavy atom. The Morgan fingerprint density at radius 2 is 2.00 bits per heavy atom. The third kappa shape index (κ3) is 3.59. The summed E-state index contributed by atoms with van der Waals surface area (Å²) in [7, 11) is 0. The number of carbonyl (C=O) groups is 2. The Balaban J connectivity index is 2.06. The Bertz CT molecular complexity index is 526. The van der Waals surface area contributed by atoms with Crippen molar-refractivity contribution in [1.82, 2.24) is 0 Å². The monoisotopic (exact) mass is 276 g/mol. The summed E-state index contributed by atoms with van der Waals surface area (Å²) in [5.41, 5.74) is 1.11. The van der Waals surface area contributed by atoms with Gasteiger partial charge in [0.2, 0.25) is 0 Å². The van der Waals surface area contributed by atoms with Gasteiger partial charge in [-0.05, 0) is 39.7 Å². The lowest BCUT2D eigenvalue weighted by molar-refractivity contribution is -0.157. The molecule has 0 fully saturated rings. The summed E-state index contributed by atoms with van der Waals surface area (Å²) in [5, 5.41) is 0. The summed E-state index contributed by atoms with van der Waals surface area (Å²) in [4.78, 5) is 23.5. The molecule has 1 aliphatic rings. The molecule has 4 heteroatoms. The molecular weight excluding hydrogens is 256 g/mol. The van der Waals surface area contributed by atoms with Crippen LogP contribution in [0, 0.1) is 0 Å². The number of fused-ring (bicyclic) bond motifs is 1. The van der Waals surface area contributed by atoms with Crippen molar-refractivity contribution in [2.24, 2.45) is 0 Å². The number of benzene rings is 1. The molecule has 1 aliphatic carbocycles. The molecular formula is C16H20O4. The zero-order valence-corrected chi connectivity index (χ0v) is 12.2. The van der Waals surface area contributed by atoms with Gasteiger partial charge in [0.25, 0.3) is 0 Å². The van der Waals surface area contributed by atoms with Crippen molar-refractivity contribution in [3.05, 3.63) is 29.3 Å². The van der Waals surface area contributed by atoms with Gasteiger partial charge < -0.3 is 9.47 Å². The molecule has 0 aliphatic heterocycles. The van der Waals surface area contributed by atoms with Gasteiger partial charge in [0.15, 0.2) is 12.4 Å². The summed E-state index contributed by atoms with van der Waals surface area (Å²) >= 11 is 0. The number of ether oxygens (including phenoxy) is 2. The quantitative estimate of drug-likeness (QED) is 0.796. The molecule has 0 heterocycles. The molecule has 0 spiro atoms. The molecule has 2 rings (SSSR count). The van der Waals surface area contributed by atoms with E-state index >= 15 is 0 Å². The predicted molar refractivity (Wildman–Crippen MR) is 75.1 cm³/mol. The van der Waals surface area contributed by atoms with Crippen LogP contribution in [0.25, 0.3) is 0 Å². The Labute approximate surface area is 119 Å². The SMILES string of the molecule is CC(C)(C)OC(=O)COc1cccc2c1CCCC2=O. The van der Waals surface area contributed by atoms with Gasteiger partial charge >= 0.3 is 5.97 Å². The first-order valence-corrected chi connectivity index (χ1v) is 6.86. The Morgan fingerprint density at radius 3 is 2.70 bits per heavy atom. The van der Waals surface area contributed by atoms with Crippen LogP contribution in [0.3, 0.4) is 0 Å². The summed E-state index contributed by atoms with van der Waals surface area (Å²) < 4.78 is 10.7. The van der Waals surface area contributed by atoms with Gasteiger partial charge in [0.1, 0.15) is 11.4 Å². The summed E-state index contributed by atoms with van der Waals surface area (Å²) in [6.45, 7) is 5.30. The molecule has 0 radical (unpaired) electrons. The van der Waals surface area contributed by atoms with Crippen molar-refractivity contribution in [1.29, 1.82) is 0 Å². The van der Waals surface area contributed by atoms with Crippen molar-refractivity contribution < 1.29 is 19.1 Å². The summed E-state index contributed by atoms with van der Waals surface area (Å²) in [5.74, 6) is 0.354. The molecule has 0 saturated heterocycles. The molecule has 1 aromatic carbocycles. The topological polar surface area (TPSA) is 52.6 Å². The summed E-state index contributed by atoms with van der Waals surface area (Å²) in [6.07, 6.45) is 2.23. The molecule has 0 N–H and O–H groups in total. The molecule has 0 atom stereocenters. The largest absolute Gasteiger partial charge is 0.482 e. The minimum atomic E-state index is -0.521. The van der Waals surface area contributed by atoms with E-state index in [9.17, 15) is 9.59 Å². The molecule has 0 unspecified atom stereocenters. The van der Waals surface area contributed by atoms with Crippen LogP contribution in [0.1, 0.15) is 49.5 Å². The first kappa shape index (κ1) is 14.6. The van der Waals surface area contributed by atoms with E-state index in [0.29, 0.717) is 12.2 Å². The fourth-order valence-electron chi connectivity index (χ4n) is 2.29. The van der Waals surface area contributed by atoms with Crippen LogP contribution in [0.15, 0.2) is 18.2 Å². The van der Waals surface area contributed by atoms with Crippen LogP contribution in [-0.2, 0) is 16.0 Å². The lowest BCUT2D eigenvalue weighted by Gasteiger charge is -2.21. The summed E-state index contributed by atoms with van der Waals surface area (Å²) in [6, 6.07) is 5.39. The fourth-order valence-corrected chi connectivity index (χ4v) is 2.29. The second-order valence-corrected chi connectivity index (χ2v) is 5.93. The number of hydrogen-bond acceptors (Lipinski definition) is 4. The van der Waals surface area contributed by atoms with Gasteiger partial charge in [-0.15, -0.1) is 0 Å². The Hall–Kier alpha value is -1.84. The van der Waals surface area contributed by atoms with Gasteiger partial charge in [0, 0.05) is 17.5 Å². The van der Waals surface area contributed by atoms with Gasteiger partial charge in [-0.25, -0.2) is 4.79 Å². The molecule has 1 aromatic rings. The highest BCUT2D eigenvalue weighted by atomic mass is 16.6. The van der Waals surface area contributed by atoms with Gasteiger partial charge in [0.05, 0.1) is 0 Å². The molecule has 20 heavy (non-hydrogen) atoms. The lowest BCUT2D eigenvalue weighted by Crippen LogP contribution is -2.27. The van der Waals surface area contributed by atoms with Gasteiger partial charge in [-0.3, -0.25) is 4.79 Å². The molecule has 4 nitrogen and oxygen atoms in total. The second-order valence-electron chi connectivity index (χ2n) is 5.93. The first-order valence-electron chi connectivity index (χ1n) is 6.86. The normalized spacial score (nSPS) is 14.7. The smallest absolute Gasteiger partial charge is 0.344 e. The van der Waals surface area contributed by atoms with Crippen LogP contribution >= 0.6 is 0 Å². The van der Waals surface area contributed by atoms with E-state index in [2.05, 4.69) is 0 Å². The highest BCUT2D eigenvalue weighted by molar-refractivity contribution is 5.99. The minimum Gasteiger partial charge on any atom is -0.482 e. The molecule has 108 valence electrons. The van der Waals surface area contributed by atoms with E-state index in [-0.39, 0.29) is 12.4 Å². The highest BCUT2D eigenvalue weighted by Crippen LogP contribution is 2.29. The average molecular weight is 276 g/mol. The third-order valence-electron chi connectivity index (χ3n) is 3.03. The molecule has 0 aromatic heterocycles. The zero-order chi connectivity index (χ0) is 14.8. The zero-order valence-electron chi connectivity index (χ0n) is 12.2. The van der Waals surface area contributed by atoms with E-state index in [1.165, 1.54) is 0 Å². The van der Waals surface area contributed by atoms with Crippen LogP contribution in [0.4, 0.5) is 0 Å². The van der Waals surface area contributed by atoms with E-state index in [1.807, 2.05) is 26.8 Å². The van der Waals surface area contributed by atoms with Crippen molar-refractivity contribution in [2.75, 3.05) is 6.61 Å². The van der Waals surface area contributed by atoms with Crippen LogP contribution in [-0.4, -0.2) is 24.0 Å². The molecule has 0 bridgehead atoms. The third-order valence-corrected chi connectivity index (χ3v) is 3.03. The van der Waals surface area contributed by atoms with E-state index in [1.54, 1.807) is 12.1 Å². The number of hydrogen-bond donors (Lipinski definition) is 0. The predicted octanol–water partition coefficient (Wildman–Crippen LogP) is 2.93. The molecule has 0 amide bonds. The second kappa shape index (κ2) is 5.65. The van der Waals surface area contributed by atoms with Crippen LogP contribution in [0.5, 0.6) is 5.75 Å². The average Bonchev–Trinajstić information content (AvgIpc) is 2.35. The number of carbonyl (C=O) groups excluding carboxylic acids is 2. The molecule has 0 saturated carbocycles. The first-order chi connectivity index (χ1) is 9.37. The van der Waals surface area contributed by atoms with Gasteiger partial charge in [-0.1, -0.05) is 12.1 Å². The Kier molecular flexibility index (Phi) is 4.12. The minimum absolute atomic E-state index is 0.137. The fraction of sp³-hybridized carbons (Fsp3) is 0.500. The lowest BCUT2D eigenvalue weighted by atomic mass is 9.90.